The van der Waals surface area contributed by atoms with E-state index in [2.05, 4.69) is 35.1 Å². The van der Waals surface area contributed by atoms with Crippen LogP contribution in [0.15, 0.2) is 97.5 Å². The molecule has 2 aliphatic rings. The van der Waals surface area contributed by atoms with Gasteiger partial charge in [-0.2, -0.15) is 0 Å². The Morgan fingerprint density at radius 2 is 1.54 bits per heavy atom. The van der Waals surface area contributed by atoms with Crippen LogP contribution in [-0.2, 0) is 16.1 Å². The van der Waals surface area contributed by atoms with Gasteiger partial charge in [-0.1, -0.05) is 48.5 Å². The third kappa shape index (κ3) is 6.87. The lowest BCUT2D eigenvalue weighted by atomic mass is 9.99. The summed E-state index contributed by atoms with van der Waals surface area (Å²) < 4.78 is 13.1. The first-order valence-electron chi connectivity index (χ1n) is 15.5. The van der Waals surface area contributed by atoms with Crippen molar-refractivity contribution < 1.29 is 19.4 Å². The molecule has 2 saturated heterocycles. The van der Waals surface area contributed by atoms with Crippen LogP contribution in [-0.4, -0.2) is 74.7 Å². The fourth-order valence-electron chi connectivity index (χ4n) is 5.89. The number of nitrogens with one attached hydrogen (secondary N) is 1. The van der Waals surface area contributed by atoms with Gasteiger partial charge in [0.1, 0.15) is 5.69 Å². The van der Waals surface area contributed by atoms with Gasteiger partial charge >= 0.3 is 0 Å². The number of hydrogen-bond donors (Lipinski definition) is 2. The zero-order valence-electron chi connectivity index (χ0n) is 25.3. The van der Waals surface area contributed by atoms with Gasteiger partial charge in [0.25, 0.3) is 5.91 Å². The minimum absolute atomic E-state index is 0.00348. The maximum atomic E-state index is 12.9. The number of aliphatic hydroxyl groups excluding tert-OH is 1. The summed E-state index contributed by atoms with van der Waals surface area (Å²) in [6, 6.07) is 24.7. The second-order valence-corrected chi connectivity index (χ2v) is 11.5. The number of para-hydroxylation sites is 2. The molecular weight excluding hydrogens is 582 g/mol. The molecule has 0 spiro atoms. The first-order valence-corrected chi connectivity index (χ1v) is 15.5. The van der Waals surface area contributed by atoms with Crippen molar-refractivity contribution in [3.63, 3.8) is 0 Å². The van der Waals surface area contributed by atoms with Gasteiger partial charge in [0, 0.05) is 62.8 Å². The van der Waals surface area contributed by atoms with E-state index in [-0.39, 0.29) is 30.4 Å². The Morgan fingerprint density at radius 3 is 2.28 bits per heavy atom. The number of piperazine rings is 1. The molecule has 4 heterocycles. The minimum atomic E-state index is -0.587. The van der Waals surface area contributed by atoms with E-state index in [1.807, 2.05) is 78.9 Å². The average molecular weight is 618 g/mol. The molecule has 2 aliphatic heterocycles. The molecule has 2 aromatic heterocycles. The van der Waals surface area contributed by atoms with Crippen LogP contribution in [0.1, 0.15) is 46.0 Å². The fourth-order valence-corrected chi connectivity index (χ4v) is 5.89. The Morgan fingerprint density at radius 1 is 0.826 bits per heavy atom. The zero-order valence-corrected chi connectivity index (χ0v) is 25.3. The Hall–Kier alpha value is -4.81. The van der Waals surface area contributed by atoms with Crippen LogP contribution in [0.25, 0.3) is 11.0 Å². The lowest BCUT2D eigenvalue weighted by Gasteiger charge is -2.40. The third-order valence-corrected chi connectivity index (χ3v) is 8.41. The van der Waals surface area contributed by atoms with Crippen molar-refractivity contribution in [3.05, 3.63) is 120 Å². The van der Waals surface area contributed by atoms with Crippen LogP contribution in [0.2, 0.25) is 0 Å². The van der Waals surface area contributed by atoms with E-state index in [1.54, 1.807) is 12.4 Å². The van der Waals surface area contributed by atoms with Gasteiger partial charge in [0.15, 0.2) is 6.29 Å². The van der Waals surface area contributed by atoms with Crippen molar-refractivity contribution >= 4 is 28.6 Å². The number of ether oxygens (including phenoxy) is 2. The molecule has 7 rings (SSSR count). The summed E-state index contributed by atoms with van der Waals surface area (Å²) in [5.74, 6) is 0.433. The van der Waals surface area contributed by atoms with Crippen molar-refractivity contribution in [2.24, 2.45) is 0 Å². The molecule has 1 amide bonds. The maximum absolute atomic E-state index is 12.9. The van der Waals surface area contributed by atoms with E-state index in [1.165, 1.54) is 6.20 Å². The molecule has 11 nitrogen and oxygen atoms in total. The number of aliphatic hydroxyl groups is 1. The standard InChI is InChI=1S/C35H35N7O4/c43-23-24-6-8-25(9-7-24)32-20-28(22-41-16-18-42(19-17-41)35-36-14-3-15-37-35)45-34(46-32)26-10-12-27(13-11-26)39-33(44)31-21-38-29-4-1-2-5-30(29)40-31/h1-15,21,28,32,34,43H,16-20,22-23H2,(H,39,44)/t28-,32+,34+/m0/s1. The van der Waals surface area contributed by atoms with Gasteiger partial charge < -0.3 is 24.8 Å². The van der Waals surface area contributed by atoms with E-state index in [0.29, 0.717) is 17.6 Å². The van der Waals surface area contributed by atoms with E-state index < -0.39 is 6.29 Å². The normalized spacial score (nSPS) is 20.5. The number of carbonyl (C=O) groups is 1. The molecule has 0 radical (unpaired) electrons. The van der Waals surface area contributed by atoms with Crippen molar-refractivity contribution in [2.45, 2.75) is 31.5 Å². The van der Waals surface area contributed by atoms with Crippen LogP contribution in [0.4, 0.5) is 11.6 Å². The first kappa shape index (κ1) is 29.9. The number of rotatable bonds is 8. The summed E-state index contributed by atoms with van der Waals surface area (Å²) in [7, 11) is 0. The molecule has 0 unspecified atom stereocenters. The summed E-state index contributed by atoms with van der Waals surface area (Å²) >= 11 is 0. The molecule has 234 valence electrons. The third-order valence-electron chi connectivity index (χ3n) is 8.41. The molecule has 2 fully saturated rings. The number of benzene rings is 3. The number of carbonyl (C=O) groups excluding carboxylic acids is 1. The lowest BCUT2D eigenvalue weighted by Crippen LogP contribution is -2.50. The Kier molecular flexibility index (Phi) is 8.88. The Labute approximate surface area is 266 Å². The second-order valence-electron chi connectivity index (χ2n) is 11.5. The van der Waals surface area contributed by atoms with Gasteiger partial charge in [-0.3, -0.25) is 14.7 Å². The molecule has 2 N–H and O–H groups in total. The van der Waals surface area contributed by atoms with Crippen molar-refractivity contribution in [1.82, 2.24) is 24.8 Å². The lowest BCUT2D eigenvalue weighted by molar-refractivity contribution is -0.253. The molecule has 0 aliphatic carbocycles. The van der Waals surface area contributed by atoms with Crippen LogP contribution in [0, 0.1) is 0 Å². The summed E-state index contributed by atoms with van der Waals surface area (Å²) in [5, 5.41) is 12.4. The van der Waals surface area contributed by atoms with Gasteiger partial charge in [-0.15, -0.1) is 0 Å². The first-order chi connectivity index (χ1) is 22.6. The maximum Gasteiger partial charge on any atom is 0.275 e. The molecule has 3 atom stereocenters. The fraction of sp³-hybridized carbons (Fsp3) is 0.286. The summed E-state index contributed by atoms with van der Waals surface area (Å²) in [6.07, 6.45) is 4.91. The van der Waals surface area contributed by atoms with E-state index in [4.69, 9.17) is 9.47 Å². The van der Waals surface area contributed by atoms with E-state index in [9.17, 15) is 9.90 Å². The number of fused-ring (bicyclic) bond motifs is 1. The molecule has 11 heteroatoms. The van der Waals surface area contributed by atoms with Crippen LogP contribution < -0.4 is 10.2 Å². The predicted molar refractivity (Wildman–Crippen MR) is 173 cm³/mol. The zero-order chi connectivity index (χ0) is 31.3. The highest BCUT2D eigenvalue weighted by atomic mass is 16.7. The molecule has 0 bridgehead atoms. The van der Waals surface area contributed by atoms with Crippen molar-refractivity contribution in [3.8, 4) is 0 Å². The van der Waals surface area contributed by atoms with Gasteiger partial charge in [-0.25, -0.2) is 15.0 Å². The monoisotopic (exact) mass is 617 g/mol. The molecule has 46 heavy (non-hydrogen) atoms. The summed E-state index contributed by atoms with van der Waals surface area (Å²) in [4.78, 5) is 35.2. The average Bonchev–Trinajstić information content (AvgIpc) is 3.12. The largest absolute Gasteiger partial charge is 0.392 e. The SMILES string of the molecule is O=C(Nc1ccc([C@@H]2O[C@H](CN3CCN(c4ncccn4)CC3)C[C@H](c3ccc(CO)cc3)O2)cc1)c1cnc2ccccc2n1. The number of hydrogen-bond acceptors (Lipinski definition) is 10. The number of aromatic nitrogens is 4. The highest BCUT2D eigenvalue weighted by Crippen LogP contribution is 2.38. The van der Waals surface area contributed by atoms with E-state index >= 15 is 0 Å². The molecule has 0 saturated carbocycles. The molecular formula is C35H35N7O4. The molecule has 5 aromatic rings. The van der Waals surface area contributed by atoms with Crippen molar-refractivity contribution in [1.29, 1.82) is 0 Å². The predicted octanol–water partition coefficient (Wildman–Crippen LogP) is 4.53. The number of anilines is 2. The van der Waals surface area contributed by atoms with Crippen LogP contribution >= 0.6 is 0 Å². The highest BCUT2D eigenvalue weighted by molar-refractivity contribution is 6.03. The van der Waals surface area contributed by atoms with Gasteiger partial charge in [0.2, 0.25) is 5.95 Å². The second kappa shape index (κ2) is 13.7. The van der Waals surface area contributed by atoms with E-state index in [0.717, 1.165) is 60.9 Å². The van der Waals surface area contributed by atoms with Crippen LogP contribution in [0.5, 0.6) is 0 Å². The highest BCUT2D eigenvalue weighted by Gasteiger charge is 2.34. The number of nitrogens with zero attached hydrogens (tertiary/aromatic N) is 6. The molecule has 3 aromatic carbocycles. The van der Waals surface area contributed by atoms with Gasteiger partial charge in [0.05, 0.1) is 36.0 Å². The summed E-state index contributed by atoms with van der Waals surface area (Å²) in [5.41, 5.74) is 5.04. The quantitative estimate of drug-likeness (QED) is 0.257. The number of amides is 1. The smallest absolute Gasteiger partial charge is 0.275 e. The van der Waals surface area contributed by atoms with Crippen LogP contribution in [0.3, 0.4) is 0 Å². The van der Waals surface area contributed by atoms with Gasteiger partial charge in [-0.05, 0) is 41.5 Å². The minimum Gasteiger partial charge on any atom is -0.392 e. The van der Waals surface area contributed by atoms with Crippen molar-refractivity contribution in [2.75, 3.05) is 42.9 Å². The summed E-state index contributed by atoms with van der Waals surface area (Å²) in [6.45, 7) is 4.23. The Bertz CT molecular complexity index is 1760. The topological polar surface area (TPSA) is 126 Å². The Balaban J connectivity index is 1.03.